The second kappa shape index (κ2) is 4.32. The van der Waals surface area contributed by atoms with Gasteiger partial charge in [0.05, 0.1) is 0 Å². The number of nitrogens with one attached hydrogen (secondary N) is 1. The van der Waals surface area contributed by atoms with Gasteiger partial charge in [0.2, 0.25) is 0 Å². The molecule has 3 atom stereocenters. The highest BCUT2D eigenvalue weighted by Gasteiger charge is 2.43. The van der Waals surface area contributed by atoms with Crippen LogP contribution in [0.3, 0.4) is 0 Å². The van der Waals surface area contributed by atoms with Crippen molar-refractivity contribution in [3.63, 3.8) is 0 Å². The largest absolute Gasteiger partial charge is 0.480 e. The van der Waals surface area contributed by atoms with Gasteiger partial charge < -0.3 is 10.4 Å². The van der Waals surface area contributed by atoms with Crippen LogP contribution in [-0.2, 0) is 4.79 Å². The molecule has 18 heavy (non-hydrogen) atoms. The molecule has 3 nitrogen and oxygen atoms in total. The lowest BCUT2D eigenvalue weighted by atomic mass is 9.79. The van der Waals surface area contributed by atoms with Crippen LogP contribution in [0.5, 0.6) is 0 Å². The highest BCUT2D eigenvalue weighted by Crippen LogP contribution is 2.51. The molecule has 0 bridgehead atoms. The zero-order valence-electron chi connectivity index (χ0n) is 9.62. The van der Waals surface area contributed by atoms with Gasteiger partial charge in [-0.15, -0.1) is 0 Å². The van der Waals surface area contributed by atoms with Gasteiger partial charge in [-0.3, -0.25) is 0 Å². The maximum absolute atomic E-state index is 11.3. The van der Waals surface area contributed by atoms with Gasteiger partial charge in [-0.1, -0.05) is 29.6 Å². The Morgan fingerprint density at radius 3 is 2.83 bits per heavy atom. The van der Waals surface area contributed by atoms with E-state index >= 15 is 0 Å². The Kier molecular flexibility index (Phi) is 2.91. The van der Waals surface area contributed by atoms with E-state index in [0.717, 1.165) is 30.5 Å². The number of hydrogen-bond acceptors (Lipinski definition) is 2. The van der Waals surface area contributed by atoms with Gasteiger partial charge in [0.1, 0.15) is 6.04 Å². The van der Waals surface area contributed by atoms with Crippen LogP contribution in [0.15, 0.2) is 12.1 Å². The monoisotopic (exact) mass is 285 g/mol. The number of carboxylic acid groups (broad SMARTS) is 1. The zero-order chi connectivity index (χ0) is 12.9. The number of aliphatic carboxylic acids is 1. The van der Waals surface area contributed by atoms with E-state index < -0.39 is 12.0 Å². The quantitative estimate of drug-likeness (QED) is 0.826. The van der Waals surface area contributed by atoms with Crippen LogP contribution in [0.25, 0.3) is 0 Å². The molecule has 2 aliphatic rings. The Morgan fingerprint density at radius 1 is 1.33 bits per heavy atom. The van der Waals surface area contributed by atoms with Crippen molar-refractivity contribution >= 4 is 34.9 Å². The van der Waals surface area contributed by atoms with E-state index in [9.17, 15) is 9.90 Å². The van der Waals surface area contributed by atoms with Crippen LogP contribution < -0.4 is 5.32 Å². The van der Waals surface area contributed by atoms with Crippen molar-refractivity contribution in [2.45, 2.75) is 31.2 Å². The fourth-order valence-corrected chi connectivity index (χ4v) is 3.98. The number of carboxylic acids is 1. The minimum Gasteiger partial charge on any atom is -0.480 e. The molecule has 1 heterocycles. The zero-order valence-corrected chi connectivity index (χ0v) is 11.1. The summed E-state index contributed by atoms with van der Waals surface area (Å²) in [6, 6.07) is 2.98. The third-order valence-corrected chi connectivity index (χ3v) is 4.57. The SMILES string of the molecule is O=C(O)C1Nc2cc(Cl)cc(Cl)c2C2CCCC12. The summed E-state index contributed by atoms with van der Waals surface area (Å²) in [7, 11) is 0. The van der Waals surface area contributed by atoms with Crippen molar-refractivity contribution in [2.75, 3.05) is 5.32 Å². The molecular formula is C13H13Cl2NO2. The first-order valence-corrected chi connectivity index (χ1v) is 6.82. The molecule has 1 aromatic rings. The fraction of sp³-hybridized carbons (Fsp3) is 0.462. The maximum atomic E-state index is 11.3. The van der Waals surface area contributed by atoms with Crippen molar-refractivity contribution in [2.24, 2.45) is 5.92 Å². The molecule has 96 valence electrons. The smallest absolute Gasteiger partial charge is 0.326 e. The first-order valence-electron chi connectivity index (χ1n) is 6.06. The van der Waals surface area contributed by atoms with Crippen LogP contribution in [0.1, 0.15) is 30.7 Å². The lowest BCUT2D eigenvalue weighted by Gasteiger charge is -2.35. The lowest BCUT2D eigenvalue weighted by Crippen LogP contribution is -2.41. The van der Waals surface area contributed by atoms with Crippen LogP contribution in [0.2, 0.25) is 10.0 Å². The molecule has 2 N–H and O–H groups in total. The summed E-state index contributed by atoms with van der Waals surface area (Å²) < 4.78 is 0. The standard InChI is InChI=1S/C13H13Cl2NO2/c14-6-4-9(15)11-7-2-1-3-8(7)12(13(17)18)16-10(11)5-6/h4-5,7-8,12,16H,1-3H2,(H,17,18). The first kappa shape index (κ1) is 12.1. The predicted molar refractivity (Wildman–Crippen MR) is 71.6 cm³/mol. The molecule has 0 radical (unpaired) electrons. The number of rotatable bonds is 1. The topological polar surface area (TPSA) is 49.3 Å². The van der Waals surface area contributed by atoms with Gasteiger partial charge in [-0.05, 0) is 42.4 Å². The highest BCUT2D eigenvalue weighted by molar-refractivity contribution is 6.35. The molecule has 1 aliphatic heterocycles. The number of carbonyl (C=O) groups is 1. The Hall–Kier alpha value is -0.930. The second-order valence-corrected chi connectivity index (χ2v) is 5.85. The predicted octanol–water partition coefficient (Wildman–Crippen LogP) is 3.76. The van der Waals surface area contributed by atoms with E-state index in [1.54, 1.807) is 12.1 Å². The molecule has 3 unspecified atom stereocenters. The van der Waals surface area contributed by atoms with Crippen molar-refractivity contribution in [1.29, 1.82) is 0 Å². The summed E-state index contributed by atoms with van der Waals surface area (Å²) in [6.07, 6.45) is 3.00. The maximum Gasteiger partial charge on any atom is 0.326 e. The highest BCUT2D eigenvalue weighted by atomic mass is 35.5. The van der Waals surface area contributed by atoms with Crippen molar-refractivity contribution < 1.29 is 9.90 Å². The summed E-state index contributed by atoms with van der Waals surface area (Å²) in [5, 5.41) is 13.6. The van der Waals surface area contributed by atoms with E-state index in [1.165, 1.54) is 0 Å². The molecular weight excluding hydrogens is 273 g/mol. The summed E-state index contributed by atoms with van der Waals surface area (Å²) in [5.74, 6) is -0.422. The lowest BCUT2D eigenvalue weighted by molar-refractivity contribution is -0.139. The third kappa shape index (κ3) is 1.77. The van der Waals surface area contributed by atoms with Crippen LogP contribution >= 0.6 is 23.2 Å². The molecule has 0 spiro atoms. The van der Waals surface area contributed by atoms with Gasteiger partial charge in [-0.2, -0.15) is 0 Å². The molecule has 1 aliphatic carbocycles. The summed E-state index contributed by atoms with van der Waals surface area (Å²) in [4.78, 5) is 11.3. The van der Waals surface area contributed by atoms with Gasteiger partial charge in [0, 0.05) is 15.7 Å². The van der Waals surface area contributed by atoms with Gasteiger partial charge in [-0.25, -0.2) is 4.79 Å². The van der Waals surface area contributed by atoms with Crippen molar-refractivity contribution in [3.05, 3.63) is 27.7 Å². The van der Waals surface area contributed by atoms with Gasteiger partial charge in [0.15, 0.2) is 0 Å². The normalized spacial score (nSPS) is 29.3. The van der Waals surface area contributed by atoms with E-state index in [2.05, 4.69) is 5.32 Å². The molecule has 3 rings (SSSR count). The minimum atomic E-state index is -0.798. The van der Waals surface area contributed by atoms with Crippen LogP contribution in [0, 0.1) is 5.92 Å². The molecule has 1 fully saturated rings. The van der Waals surface area contributed by atoms with E-state index in [1.807, 2.05) is 0 Å². The Balaban J connectivity index is 2.12. The van der Waals surface area contributed by atoms with Crippen LogP contribution in [-0.4, -0.2) is 17.1 Å². The molecule has 0 saturated heterocycles. The molecule has 1 aromatic carbocycles. The molecule has 5 heteroatoms. The number of benzene rings is 1. The van der Waals surface area contributed by atoms with Crippen LogP contribution in [0.4, 0.5) is 5.69 Å². The Bertz CT molecular complexity index is 518. The molecule has 0 aromatic heterocycles. The average molecular weight is 286 g/mol. The van der Waals surface area contributed by atoms with Gasteiger partial charge in [0.25, 0.3) is 0 Å². The van der Waals surface area contributed by atoms with E-state index in [0.29, 0.717) is 10.0 Å². The molecule has 0 amide bonds. The Labute approximate surface area is 115 Å². The summed E-state index contributed by atoms with van der Waals surface area (Å²) in [5.41, 5.74) is 1.82. The molecule has 1 saturated carbocycles. The minimum absolute atomic E-state index is 0.133. The fourth-order valence-electron chi connectivity index (χ4n) is 3.35. The van der Waals surface area contributed by atoms with Crippen molar-refractivity contribution in [1.82, 2.24) is 0 Å². The first-order chi connectivity index (χ1) is 8.58. The number of hydrogen-bond donors (Lipinski definition) is 2. The average Bonchev–Trinajstić information content (AvgIpc) is 2.75. The third-order valence-electron chi connectivity index (χ3n) is 4.04. The number of halogens is 2. The summed E-state index contributed by atoms with van der Waals surface area (Å²) >= 11 is 12.2. The van der Waals surface area contributed by atoms with Crippen molar-refractivity contribution in [3.8, 4) is 0 Å². The van der Waals surface area contributed by atoms with E-state index in [4.69, 9.17) is 23.2 Å². The number of anilines is 1. The van der Waals surface area contributed by atoms with Gasteiger partial charge >= 0.3 is 5.97 Å². The second-order valence-electron chi connectivity index (χ2n) is 5.01. The number of fused-ring (bicyclic) bond motifs is 3. The Morgan fingerprint density at radius 2 is 2.11 bits per heavy atom. The van der Waals surface area contributed by atoms with E-state index in [-0.39, 0.29) is 11.8 Å². The summed E-state index contributed by atoms with van der Waals surface area (Å²) in [6.45, 7) is 0.